The number of anilines is 1. The van der Waals surface area contributed by atoms with Crippen LogP contribution in [0, 0.1) is 6.92 Å². The van der Waals surface area contributed by atoms with Gasteiger partial charge in [0.25, 0.3) is 0 Å². The predicted octanol–water partition coefficient (Wildman–Crippen LogP) is 2.68. The average molecular weight is 377 g/mol. The maximum Gasteiger partial charge on any atom is 0.148 e. The summed E-state index contributed by atoms with van der Waals surface area (Å²) >= 11 is 0. The highest BCUT2D eigenvalue weighted by Gasteiger charge is 2.23. The fourth-order valence-corrected chi connectivity index (χ4v) is 4.79. The first-order valence-corrected chi connectivity index (χ1v) is 11.3. The molecule has 1 aromatic heterocycles. The zero-order valence-corrected chi connectivity index (χ0v) is 16.5. The number of hydrogen-bond donors (Lipinski definition) is 2. The molecule has 0 saturated heterocycles. The van der Waals surface area contributed by atoms with Crippen molar-refractivity contribution in [2.75, 3.05) is 17.3 Å². The lowest BCUT2D eigenvalue weighted by molar-refractivity contribution is 0.336. The van der Waals surface area contributed by atoms with E-state index in [0.29, 0.717) is 12.1 Å². The zero-order chi connectivity index (χ0) is 18.7. The van der Waals surface area contributed by atoms with Gasteiger partial charge in [-0.15, -0.1) is 0 Å². The highest BCUT2D eigenvalue weighted by Crippen LogP contribution is 2.26. The third-order valence-electron chi connectivity index (χ3n) is 4.93. The summed E-state index contributed by atoms with van der Waals surface area (Å²) < 4.78 is 22.8. The Hall–Kier alpha value is -1.73. The van der Waals surface area contributed by atoms with E-state index in [2.05, 4.69) is 39.7 Å². The summed E-state index contributed by atoms with van der Waals surface area (Å²) in [6.45, 7) is 4.02. The number of benzene rings is 1. The van der Waals surface area contributed by atoms with Crippen LogP contribution in [0.1, 0.15) is 38.2 Å². The Bertz CT molecular complexity index is 861. The lowest BCUT2D eigenvalue weighted by Crippen LogP contribution is -2.43. The Morgan fingerprint density at radius 1 is 1.15 bits per heavy atom. The van der Waals surface area contributed by atoms with Gasteiger partial charge in [0.05, 0.1) is 11.3 Å². The molecule has 0 amide bonds. The Balaban J connectivity index is 1.57. The largest absolute Gasteiger partial charge is 0.367 e. The molecule has 1 aliphatic carbocycles. The first-order chi connectivity index (χ1) is 12.3. The van der Waals surface area contributed by atoms with E-state index in [1.807, 2.05) is 13.0 Å². The van der Waals surface area contributed by atoms with Crippen molar-refractivity contribution >= 4 is 26.6 Å². The molecular weight excluding hydrogens is 348 g/mol. The normalized spacial score (nSPS) is 22.3. The molecule has 1 unspecified atom stereocenters. The second-order valence-electron chi connectivity index (χ2n) is 7.60. The highest BCUT2D eigenvalue weighted by molar-refractivity contribution is 7.90. The van der Waals surface area contributed by atoms with Crippen LogP contribution in [0.3, 0.4) is 0 Å². The molecule has 142 valence electrons. The third-order valence-corrected chi connectivity index (χ3v) is 6.04. The number of sulfone groups is 1. The molecule has 26 heavy (non-hydrogen) atoms. The smallest absolute Gasteiger partial charge is 0.148 e. The van der Waals surface area contributed by atoms with Crippen molar-refractivity contribution in [2.24, 2.45) is 0 Å². The summed E-state index contributed by atoms with van der Waals surface area (Å²) in [4.78, 5) is 8.79. The van der Waals surface area contributed by atoms with Gasteiger partial charge in [-0.3, -0.25) is 0 Å². The second kappa shape index (κ2) is 7.88. The molecule has 6 nitrogen and oxygen atoms in total. The van der Waals surface area contributed by atoms with E-state index in [1.54, 1.807) is 6.33 Å². The molecule has 1 aliphatic rings. The van der Waals surface area contributed by atoms with E-state index in [1.165, 1.54) is 11.8 Å². The van der Waals surface area contributed by atoms with Crippen LogP contribution in [0.15, 0.2) is 24.5 Å². The fraction of sp³-hybridized carbons (Fsp3) is 0.579. The van der Waals surface area contributed by atoms with Gasteiger partial charge in [0.1, 0.15) is 22.0 Å². The van der Waals surface area contributed by atoms with E-state index in [4.69, 9.17) is 0 Å². The van der Waals surface area contributed by atoms with Crippen LogP contribution in [0.5, 0.6) is 0 Å². The summed E-state index contributed by atoms with van der Waals surface area (Å²) in [6, 6.07) is 6.98. The van der Waals surface area contributed by atoms with E-state index in [-0.39, 0.29) is 11.8 Å². The van der Waals surface area contributed by atoms with Crippen molar-refractivity contribution in [3.63, 3.8) is 0 Å². The van der Waals surface area contributed by atoms with E-state index in [0.717, 1.165) is 42.4 Å². The number of hydrogen-bond acceptors (Lipinski definition) is 6. The van der Waals surface area contributed by atoms with Gasteiger partial charge in [-0.25, -0.2) is 18.4 Å². The molecule has 1 fully saturated rings. The first-order valence-electron chi connectivity index (χ1n) is 9.22. The van der Waals surface area contributed by atoms with Crippen LogP contribution < -0.4 is 10.6 Å². The van der Waals surface area contributed by atoms with Crippen LogP contribution >= 0.6 is 0 Å². The number of nitrogens with one attached hydrogen (secondary N) is 2. The summed E-state index contributed by atoms with van der Waals surface area (Å²) in [5, 5.41) is 8.12. The van der Waals surface area contributed by atoms with Gasteiger partial charge in [0.2, 0.25) is 0 Å². The molecule has 7 heteroatoms. The molecule has 0 bridgehead atoms. The monoisotopic (exact) mass is 376 g/mol. The fourth-order valence-electron chi connectivity index (χ4n) is 3.79. The molecular formula is C19H28N4O2S. The summed E-state index contributed by atoms with van der Waals surface area (Å²) in [5.41, 5.74) is 2.15. The van der Waals surface area contributed by atoms with Crippen molar-refractivity contribution in [2.45, 2.75) is 57.7 Å². The quantitative estimate of drug-likeness (QED) is 0.806. The molecule has 2 aromatic rings. The average Bonchev–Trinajstić information content (AvgIpc) is 2.55. The summed E-state index contributed by atoms with van der Waals surface area (Å²) in [5.74, 6) is 1.10. The highest BCUT2D eigenvalue weighted by atomic mass is 32.2. The van der Waals surface area contributed by atoms with Crippen molar-refractivity contribution in [3.05, 3.63) is 30.1 Å². The minimum absolute atomic E-state index is 0.00621. The topological polar surface area (TPSA) is 84.0 Å². The molecule has 1 atom stereocenters. The number of aromatic nitrogens is 2. The lowest BCUT2D eigenvalue weighted by atomic mass is 9.90. The maximum atomic E-state index is 11.4. The van der Waals surface area contributed by atoms with Crippen LogP contribution in [0.4, 0.5) is 5.82 Å². The molecule has 1 heterocycles. The molecule has 0 aliphatic heterocycles. The molecule has 1 saturated carbocycles. The predicted molar refractivity (Wildman–Crippen MR) is 106 cm³/mol. The standard InChI is InChI=1S/C19H28N4O2S/c1-13-4-9-18-17(10-13)19(21-12-20-18)23-16-7-5-15(6-8-16)22-14(2)11-26(3,24)25/h4,9-10,12,14-16,22H,5-8,11H2,1-3H3,(H,20,21,23). The van der Waals surface area contributed by atoms with Crippen LogP contribution in [-0.2, 0) is 9.84 Å². The Morgan fingerprint density at radius 2 is 1.85 bits per heavy atom. The molecule has 1 aromatic carbocycles. The molecule has 2 N–H and O–H groups in total. The van der Waals surface area contributed by atoms with E-state index < -0.39 is 9.84 Å². The van der Waals surface area contributed by atoms with Gasteiger partial charge in [-0.1, -0.05) is 11.6 Å². The van der Waals surface area contributed by atoms with Crippen molar-refractivity contribution in [1.82, 2.24) is 15.3 Å². The van der Waals surface area contributed by atoms with Crippen LogP contribution in [0.25, 0.3) is 10.9 Å². The number of rotatable bonds is 6. The van der Waals surface area contributed by atoms with E-state index in [9.17, 15) is 8.42 Å². The lowest BCUT2D eigenvalue weighted by Gasteiger charge is -2.32. The Kier molecular flexibility index (Phi) is 5.77. The van der Waals surface area contributed by atoms with Crippen molar-refractivity contribution in [3.8, 4) is 0 Å². The zero-order valence-electron chi connectivity index (χ0n) is 15.7. The molecule has 0 radical (unpaired) electrons. The number of nitrogens with zero attached hydrogens (tertiary/aromatic N) is 2. The minimum atomic E-state index is -2.94. The van der Waals surface area contributed by atoms with Crippen molar-refractivity contribution in [1.29, 1.82) is 0 Å². The molecule has 0 spiro atoms. The van der Waals surface area contributed by atoms with Gasteiger partial charge in [0.15, 0.2) is 0 Å². The Labute approximate surface area is 155 Å². The van der Waals surface area contributed by atoms with Gasteiger partial charge < -0.3 is 10.6 Å². The molecule has 3 rings (SSSR count). The van der Waals surface area contributed by atoms with Gasteiger partial charge in [-0.2, -0.15) is 0 Å². The number of fused-ring (bicyclic) bond motifs is 1. The maximum absolute atomic E-state index is 11.4. The van der Waals surface area contributed by atoms with Gasteiger partial charge >= 0.3 is 0 Å². The summed E-state index contributed by atoms with van der Waals surface area (Å²) in [6.07, 6.45) is 7.06. The van der Waals surface area contributed by atoms with Gasteiger partial charge in [0, 0.05) is 29.8 Å². The minimum Gasteiger partial charge on any atom is -0.367 e. The van der Waals surface area contributed by atoms with Gasteiger partial charge in [-0.05, 0) is 51.7 Å². The Morgan fingerprint density at radius 3 is 2.54 bits per heavy atom. The van der Waals surface area contributed by atoms with Crippen molar-refractivity contribution < 1.29 is 8.42 Å². The summed E-state index contributed by atoms with van der Waals surface area (Å²) in [7, 11) is -2.94. The second-order valence-corrected chi connectivity index (χ2v) is 9.78. The van der Waals surface area contributed by atoms with E-state index >= 15 is 0 Å². The van der Waals surface area contributed by atoms with Crippen LogP contribution in [-0.4, -0.2) is 48.5 Å². The number of aryl methyl sites for hydroxylation is 1. The first kappa shape index (κ1) is 19.0. The SMILES string of the molecule is Cc1ccc2ncnc(NC3CCC(NC(C)CS(C)(=O)=O)CC3)c2c1. The third kappa shape index (κ3) is 5.14. The van der Waals surface area contributed by atoms with Crippen LogP contribution in [0.2, 0.25) is 0 Å².